The van der Waals surface area contributed by atoms with Gasteiger partial charge >= 0.3 is 0 Å². The zero-order chi connectivity index (χ0) is 16.2. The van der Waals surface area contributed by atoms with Crippen molar-refractivity contribution < 1.29 is 9.47 Å². The highest BCUT2D eigenvalue weighted by molar-refractivity contribution is 5.48. The third-order valence-corrected chi connectivity index (χ3v) is 4.51. The minimum Gasteiger partial charge on any atom is -0.493 e. The molecule has 1 aliphatic rings. The SMILES string of the molecule is CCn1ncnc1CN1CC[C@H](c2cccc(OC)c2OC)C1. The first kappa shape index (κ1) is 15.8. The molecule has 124 valence electrons. The Morgan fingerprint density at radius 1 is 1.26 bits per heavy atom. The third kappa shape index (κ3) is 3.17. The van der Waals surface area contributed by atoms with E-state index >= 15 is 0 Å². The van der Waals surface area contributed by atoms with Crippen LogP contribution in [0.1, 0.15) is 30.7 Å². The van der Waals surface area contributed by atoms with Crippen LogP contribution in [-0.2, 0) is 13.1 Å². The van der Waals surface area contributed by atoms with Gasteiger partial charge in [-0.3, -0.25) is 4.90 Å². The normalized spacial score (nSPS) is 18.3. The summed E-state index contributed by atoms with van der Waals surface area (Å²) in [6, 6.07) is 6.12. The molecule has 6 nitrogen and oxygen atoms in total. The molecule has 0 bridgehead atoms. The van der Waals surface area contributed by atoms with Gasteiger partial charge in [0.1, 0.15) is 12.2 Å². The Morgan fingerprint density at radius 2 is 2.13 bits per heavy atom. The van der Waals surface area contributed by atoms with Crippen molar-refractivity contribution in [1.82, 2.24) is 19.7 Å². The molecule has 1 fully saturated rings. The maximum absolute atomic E-state index is 5.59. The van der Waals surface area contributed by atoms with Crippen LogP contribution in [-0.4, -0.2) is 47.0 Å². The van der Waals surface area contributed by atoms with E-state index in [0.29, 0.717) is 5.92 Å². The molecule has 3 rings (SSSR count). The zero-order valence-corrected chi connectivity index (χ0v) is 14.0. The summed E-state index contributed by atoms with van der Waals surface area (Å²) in [4.78, 5) is 6.81. The van der Waals surface area contributed by atoms with Crippen molar-refractivity contribution in [2.24, 2.45) is 0 Å². The van der Waals surface area contributed by atoms with E-state index in [1.165, 1.54) is 5.56 Å². The molecule has 1 aromatic heterocycles. The lowest BCUT2D eigenvalue weighted by Crippen LogP contribution is -2.22. The van der Waals surface area contributed by atoms with Crippen molar-refractivity contribution in [2.75, 3.05) is 27.3 Å². The standard InChI is InChI=1S/C17H24N4O2/c1-4-21-16(18-12-19-21)11-20-9-8-13(10-20)14-6-5-7-15(22-2)17(14)23-3/h5-7,12-13H,4,8-11H2,1-3H3/t13-/m0/s1. The Bertz CT molecular complexity index is 656. The van der Waals surface area contributed by atoms with E-state index in [9.17, 15) is 0 Å². The summed E-state index contributed by atoms with van der Waals surface area (Å²) in [5.41, 5.74) is 1.23. The fourth-order valence-corrected chi connectivity index (χ4v) is 3.34. The average molecular weight is 316 g/mol. The first-order valence-corrected chi connectivity index (χ1v) is 8.06. The third-order valence-electron chi connectivity index (χ3n) is 4.51. The number of para-hydroxylation sites is 1. The fraction of sp³-hybridized carbons (Fsp3) is 0.529. The highest BCUT2D eigenvalue weighted by Crippen LogP contribution is 2.39. The summed E-state index contributed by atoms with van der Waals surface area (Å²) in [7, 11) is 3.39. The fourth-order valence-electron chi connectivity index (χ4n) is 3.34. The number of rotatable bonds is 6. The lowest BCUT2D eigenvalue weighted by molar-refractivity contribution is 0.308. The second-order valence-corrected chi connectivity index (χ2v) is 5.80. The second-order valence-electron chi connectivity index (χ2n) is 5.80. The van der Waals surface area contributed by atoms with Gasteiger partial charge in [-0.25, -0.2) is 9.67 Å². The number of ether oxygens (including phenoxy) is 2. The number of hydrogen-bond donors (Lipinski definition) is 0. The second kappa shape index (κ2) is 7.00. The minimum atomic E-state index is 0.457. The van der Waals surface area contributed by atoms with Crippen LogP contribution in [0, 0.1) is 0 Å². The van der Waals surface area contributed by atoms with Gasteiger partial charge in [0.25, 0.3) is 0 Å². The van der Waals surface area contributed by atoms with Gasteiger partial charge in [-0.2, -0.15) is 5.10 Å². The summed E-state index contributed by atoms with van der Waals surface area (Å²) in [6.07, 6.45) is 2.75. The van der Waals surface area contributed by atoms with Crippen LogP contribution in [0.25, 0.3) is 0 Å². The van der Waals surface area contributed by atoms with E-state index < -0.39 is 0 Å². The maximum atomic E-state index is 5.59. The summed E-state index contributed by atoms with van der Waals surface area (Å²) < 4.78 is 13.0. The molecule has 0 spiro atoms. The lowest BCUT2D eigenvalue weighted by Gasteiger charge is -2.18. The molecule has 1 aliphatic heterocycles. The van der Waals surface area contributed by atoms with E-state index in [0.717, 1.165) is 49.9 Å². The van der Waals surface area contributed by atoms with Crippen LogP contribution in [0.15, 0.2) is 24.5 Å². The van der Waals surface area contributed by atoms with Gasteiger partial charge in [-0.05, 0) is 26.0 Å². The van der Waals surface area contributed by atoms with Crippen molar-refractivity contribution in [3.8, 4) is 11.5 Å². The molecular weight excluding hydrogens is 292 g/mol. The number of nitrogens with zero attached hydrogens (tertiary/aromatic N) is 4. The molecule has 0 amide bonds. The summed E-state index contributed by atoms with van der Waals surface area (Å²) in [6.45, 7) is 5.85. The van der Waals surface area contributed by atoms with Crippen LogP contribution < -0.4 is 9.47 Å². The number of methoxy groups -OCH3 is 2. The quantitative estimate of drug-likeness (QED) is 0.818. The number of aromatic nitrogens is 3. The molecular formula is C17H24N4O2. The van der Waals surface area contributed by atoms with E-state index in [-0.39, 0.29) is 0 Å². The molecule has 0 radical (unpaired) electrons. The minimum absolute atomic E-state index is 0.457. The molecule has 2 aromatic rings. The van der Waals surface area contributed by atoms with Crippen molar-refractivity contribution in [3.63, 3.8) is 0 Å². The van der Waals surface area contributed by atoms with Gasteiger partial charge in [-0.1, -0.05) is 12.1 Å². The maximum Gasteiger partial charge on any atom is 0.164 e. The molecule has 1 atom stereocenters. The van der Waals surface area contributed by atoms with Crippen molar-refractivity contribution in [1.29, 1.82) is 0 Å². The zero-order valence-electron chi connectivity index (χ0n) is 14.0. The van der Waals surface area contributed by atoms with Crippen LogP contribution in [0.4, 0.5) is 0 Å². The molecule has 0 saturated carbocycles. The van der Waals surface area contributed by atoms with Crippen LogP contribution in [0.3, 0.4) is 0 Å². The van der Waals surface area contributed by atoms with Crippen molar-refractivity contribution in [3.05, 3.63) is 35.9 Å². The summed E-state index contributed by atoms with van der Waals surface area (Å²) >= 11 is 0. The monoisotopic (exact) mass is 316 g/mol. The van der Waals surface area contributed by atoms with E-state index in [1.54, 1.807) is 20.5 Å². The molecule has 0 unspecified atom stereocenters. The molecule has 6 heteroatoms. The van der Waals surface area contributed by atoms with Crippen molar-refractivity contribution >= 4 is 0 Å². The Kier molecular flexibility index (Phi) is 4.81. The number of hydrogen-bond acceptors (Lipinski definition) is 5. The largest absolute Gasteiger partial charge is 0.493 e. The lowest BCUT2D eigenvalue weighted by atomic mass is 9.97. The smallest absolute Gasteiger partial charge is 0.164 e. The molecule has 1 aromatic carbocycles. The Morgan fingerprint density at radius 3 is 2.87 bits per heavy atom. The van der Waals surface area contributed by atoms with Gasteiger partial charge in [0.05, 0.1) is 20.8 Å². The summed E-state index contributed by atoms with van der Waals surface area (Å²) in [5, 5.41) is 4.25. The first-order chi connectivity index (χ1) is 11.3. The topological polar surface area (TPSA) is 52.4 Å². The Balaban J connectivity index is 1.73. The van der Waals surface area contributed by atoms with Gasteiger partial charge < -0.3 is 9.47 Å². The highest BCUT2D eigenvalue weighted by atomic mass is 16.5. The van der Waals surface area contributed by atoms with E-state index in [2.05, 4.69) is 28.0 Å². The molecule has 0 N–H and O–H groups in total. The van der Waals surface area contributed by atoms with Gasteiger partial charge in [0, 0.05) is 24.6 Å². The van der Waals surface area contributed by atoms with Crippen LogP contribution in [0.5, 0.6) is 11.5 Å². The van der Waals surface area contributed by atoms with Crippen molar-refractivity contribution in [2.45, 2.75) is 32.4 Å². The van der Waals surface area contributed by atoms with Gasteiger partial charge in [0.2, 0.25) is 0 Å². The molecule has 0 aliphatic carbocycles. The summed E-state index contributed by atoms with van der Waals surface area (Å²) in [5.74, 6) is 3.15. The molecule has 23 heavy (non-hydrogen) atoms. The highest BCUT2D eigenvalue weighted by Gasteiger charge is 2.28. The molecule has 2 heterocycles. The predicted octanol–water partition coefficient (Wildman–Crippen LogP) is 2.30. The number of aryl methyl sites for hydroxylation is 1. The van der Waals surface area contributed by atoms with Crippen LogP contribution in [0.2, 0.25) is 0 Å². The number of benzene rings is 1. The van der Waals surface area contributed by atoms with E-state index in [1.807, 2.05) is 16.8 Å². The first-order valence-electron chi connectivity index (χ1n) is 8.06. The van der Waals surface area contributed by atoms with Crippen LogP contribution >= 0.6 is 0 Å². The van der Waals surface area contributed by atoms with Gasteiger partial charge in [0.15, 0.2) is 11.5 Å². The predicted molar refractivity (Wildman–Crippen MR) is 87.9 cm³/mol. The Hall–Kier alpha value is -2.08. The Labute approximate surface area is 137 Å². The molecule has 1 saturated heterocycles. The average Bonchev–Trinajstić information content (AvgIpc) is 3.23. The van der Waals surface area contributed by atoms with Gasteiger partial charge in [-0.15, -0.1) is 0 Å². The number of likely N-dealkylation sites (tertiary alicyclic amines) is 1. The van der Waals surface area contributed by atoms with E-state index in [4.69, 9.17) is 9.47 Å².